The maximum atomic E-state index is 10.9. The van der Waals surface area contributed by atoms with Gasteiger partial charge in [0.05, 0.1) is 6.10 Å². The summed E-state index contributed by atoms with van der Waals surface area (Å²) in [6.45, 7) is 20.4. The van der Waals surface area contributed by atoms with E-state index in [1.807, 2.05) is 5.57 Å². The Balaban J connectivity index is 1.59. The molecular formula is C30H50O. The fourth-order valence-electron chi connectivity index (χ4n) is 11.0. The van der Waals surface area contributed by atoms with Gasteiger partial charge in [0.25, 0.3) is 0 Å². The summed E-state index contributed by atoms with van der Waals surface area (Å²) < 4.78 is 0. The second-order valence-corrected chi connectivity index (χ2v) is 14.8. The van der Waals surface area contributed by atoms with Gasteiger partial charge in [0.1, 0.15) is 0 Å². The van der Waals surface area contributed by atoms with Crippen molar-refractivity contribution in [3.63, 3.8) is 0 Å². The first-order valence-electron chi connectivity index (χ1n) is 13.7. The monoisotopic (exact) mass is 426 g/mol. The van der Waals surface area contributed by atoms with Crippen LogP contribution in [0, 0.1) is 56.7 Å². The van der Waals surface area contributed by atoms with Gasteiger partial charge in [0.2, 0.25) is 0 Å². The Kier molecular flexibility index (Phi) is 4.82. The molecule has 5 aliphatic rings. The normalized spacial score (nSPS) is 55.7. The van der Waals surface area contributed by atoms with E-state index >= 15 is 0 Å². The summed E-state index contributed by atoms with van der Waals surface area (Å²) in [5, 5.41) is 10.9. The van der Waals surface area contributed by atoms with Gasteiger partial charge in [-0.25, -0.2) is 0 Å². The zero-order valence-corrected chi connectivity index (χ0v) is 21.9. The molecule has 4 fully saturated rings. The number of aliphatic hydroxyl groups excluding tert-OH is 1. The molecule has 0 saturated heterocycles. The first-order chi connectivity index (χ1) is 14.3. The van der Waals surface area contributed by atoms with Crippen LogP contribution in [0.15, 0.2) is 11.6 Å². The fourth-order valence-corrected chi connectivity index (χ4v) is 11.0. The Morgan fingerprint density at radius 2 is 1.55 bits per heavy atom. The Bertz CT molecular complexity index is 777. The van der Waals surface area contributed by atoms with Gasteiger partial charge in [-0.2, -0.15) is 0 Å². The largest absolute Gasteiger partial charge is 0.393 e. The third-order valence-electron chi connectivity index (χ3n) is 13.0. The Labute approximate surface area is 192 Å². The van der Waals surface area contributed by atoms with Gasteiger partial charge in [0, 0.05) is 0 Å². The van der Waals surface area contributed by atoms with Gasteiger partial charge in [-0.1, -0.05) is 67.0 Å². The minimum atomic E-state index is -0.132. The van der Waals surface area contributed by atoms with Crippen LogP contribution in [0.5, 0.6) is 0 Å². The van der Waals surface area contributed by atoms with E-state index in [1.165, 1.54) is 51.4 Å². The molecule has 1 unspecified atom stereocenters. The lowest BCUT2D eigenvalue weighted by Crippen LogP contribution is -2.62. The van der Waals surface area contributed by atoms with Crippen LogP contribution >= 0.6 is 0 Å². The van der Waals surface area contributed by atoms with Gasteiger partial charge < -0.3 is 5.11 Å². The van der Waals surface area contributed by atoms with Crippen molar-refractivity contribution in [2.75, 3.05) is 0 Å². The number of allylic oxidation sites excluding steroid dienone is 2. The molecule has 0 radical (unpaired) electrons. The molecule has 0 aromatic carbocycles. The standard InChI is InChI=1S/C30H50O/c1-19(2)20-11-14-27(5)17-18-29(7)22-9-10-23-26(3,4)24(31)13-15-28(23,6)21(22)12-16-30(29,8)25(20)27/h12,19-20,22-25,31H,9-11,13-18H2,1-8H3/t20?,22-,23+,24+,25+,27+,28-,29+,30-/m1/s1. The highest BCUT2D eigenvalue weighted by molar-refractivity contribution is 5.33. The molecule has 31 heavy (non-hydrogen) atoms. The predicted molar refractivity (Wildman–Crippen MR) is 131 cm³/mol. The van der Waals surface area contributed by atoms with Crippen molar-refractivity contribution in [1.82, 2.24) is 0 Å². The summed E-state index contributed by atoms with van der Waals surface area (Å²) >= 11 is 0. The summed E-state index contributed by atoms with van der Waals surface area (Å²) in [6.07, 6.45) is 14.6. The molecule has 0 aromatic heterocycles. The third-order valence-corrected chi connectivity index (χ3v) is 13.0. The lowest BCUT2D eigenvalue weighted by atomic mass is 9.35. The second-order valence-electron chi connectivity index (χ2n) is 14.8. The van der Waals surface area contributed by atoms with Crippen LogP contribution in [0.1, 0.15) is 113 Å². The van der Waals surface area contributed by atoms with E-state index in [9.17, 15) is 5.11 Å². The molecule has 5 aliphatic carbocycles. The molecule has 0 bridgehead atoms. The molecule has 0 heterocycles. The van der Waals surface area contributed by atoms with Gasteiger partial charge >= 0.3 is 0 Å². The summed E-state index contributed by atoms with van der Waals surface area (Å²) in [4.78, 5) is 0. The highest BCUT2D eigenvalue weighted by atomic mass is 16.3. The summed E-state index contributed by atoms with van der Waals surface area (Å²) in [5.74, 6) is 3.98. The maximum absolute atomic E-state index is 10.9. The van der Waals surface area contributed by atoms with Crippen LogP contribution in [0.3, 0.4) is 0 Å². The number of hydrogen-bond donors (Lipinski definition) is 1. The van der Waals surface area contributed by atoms with Crippen LogP contribution in [0.25, 0.3) is 0 Å². The predicted octanol–water partition coefficient (Wildman–Crippen LogP) is 8.02. The second kappa shape index (κ2) is 6.64. The molecule has 0 amide bonds. The zero-order valence-electron chi connectivity index (χ0n) is 21.9. The van der Waals surface area contributed by atoms with Crippen LogP contribution < -0.4 is 0 Å². The summed E-state index contributed by atoms with van der Waals surface area (Å²) in [5.41, 5.74) is 3.60. The lowest BCUT2D eigenvalue weighted by Gasteiger charge is -2.69. The Morgan fingerprint density at radius 3 is 2.23 bits per heavy atom. The molecule has 4 saturated carbocycles. The molecule has 1 nitrogen and oxygen atoms in total. The lowest BCUT2D eigenvalue weighted by molar-refractivity contribution is -0.168. The summed E-state index contributed by atoms with van der Waals surface area (Å²) in [7, 11) is 0. The number of hydrogen-bond acceptors (Lipinski definition) is 1. The average molecular weight is 427 g/mol. The quantitative estimate of drug-likeness (QED) is 0.421. The van der Waals surface area contributed by atoms with Crippen molar-refractivity contribution in [2.24, 2.45) is 56.7 Å². The van der Waals surface area contributed by atoms with Gasteiger partial charge in [-0.3, -0.25) is 0 Å². The molecule has 5 rings (SSSR count). The van der Waals surface area contributed by atoms with E-state index in [-0.39, 0.29) is 11.5 Å². The van der Waals surface area contributed by atoms with Crippen LogP contribution in [0.2, 0.25) is 0 Å². The topological polar surface area (TPSA) is 20.2 Å². The minimum absolute atomic E-state index is 0.0415. The smallest absolute Gasteiger partial charge is 0.0594 e. The van der Waals surface area contributed by atoms with Crippen molar-refractivity contribution in [3.8, 4) is 0 Å². The SMILES string of the molecule is CC(C)C1CC[C@@]2(C)CC[C@@]3(C)[C@@H]4CC[C@H]5C(C)(C)[C@@H](O)CC[C@]5(C)C4=CC[C@]3(C)[C@@H]12. The highest BCUT2D eigenvalue weighted by Crippen LogP contribution is 2.76. The maximum Gasteiger partial charge on any atom is 0.0594 e. The Hall–Kier alpha value is -0.300. The van der Waals surface area contributed by atoms with Crippen molar-refractivity contribution in [3.05, 3.63) is 11.6 Å². The highest BCUT2D eigenvalue weighted by Gasteiger charge is 2.68. The molecule has 0 spiro atoms. The molecule has 1 heteroatoms. The summed E-state index contributed by atoms with van der Waals surface area (Å²) in [6, 6.07) is 0. The molecule has 176 valence electrons. The molecule has 0 aromatic rings. The first-order valence-corrected chi connectivity index (χ1v) is 13.7. The first kappa shape index (κ1) is 22.5. The zero-order chi connectivity index (χ0) is 22.6. The minimum Gasteiger partial charge on any atom is -0.393 e. The van der Waals surface area contributed by atoms with Crippen molar-refractivity contribution in [2.45, 2.75) is 119 Å². The van der Waals surface area contributed by atoms with E-state index in [4.69, 9.17) is 0 Å². The van der Waals surface area contributed by atoms with E-state index in [1.54, 1.807) is 0 Å². The van der Waals surface area contributed by atoms with Crippen molar-refractivity contribution in [1.29, 1.82) is 0 Å². The van der Waals surface area contributed by atoms with Crippen LogP contribution in [-0.4, -0.2) is 11.2 Å². The average Bonchev–Trinajstić information content (AvgIpc) is 3.06. The van der Waals surface area contributed by atoms with Gasteiger partial charge in [0.15, 0.2) is 0 Å². The van der Waals surface area contributed by atoms with Gasteiger partial charge in [-0.15, -0.1) is 0 Å². The number of rotatable bonds is 1. The van der Waals surface area contributed by atoms with Crippen molar-refractivity contribution >= 4 is 0 Å². The third kappa shape index (κ3) is 2.65. The van der Waals surface area contributed by atoms with E-state index < -0.39 is 0 Å². The van der Waals surface area contributed by atoms with Crippen LogP contribution in [-0.2, 0) is 0 Å². The molecular weight excluding hydrogens is 376 g/mol. The van der Waals surface area contributed by atoms with E-state index in [0.717, 1.165) is 30.1 Å². The van der Waals surface area contributed by atoms with E-state index in [2.05, 4.69) is 61.5 Å². The van der Waals surface area contributed by atoms with Gasteiger partial charge in [-0.05, 0) is 114 Å². The molecule has 1 N–H and O–H groups in total. The van der Waals surface area contributed by atoms with Crippen LogP contribution in [0.4, 0.5) is 0 Å². The van der Waals surface area contributed by atoms with Crippen molar-refractivity contribution < 1.29 is 5.11 Å². The molecule has 9 atom stereocenters. The Morgan fingerprint density at radius 1 is 0.839 bits per heavy atom. The van der Waals surface area contributed by atoms with E-state index in [0.29, 0.717) is 27.6 Å². The number of fused-ring (bicyclic) bond motifs is 7. The fraction of sp³-hybridized carbons (Fsp3) is 0.933. The number of aliphatic hydroxyl groups is 1. The molecule has 0 aliphatic heterocycles.